The largest absolute Gasteiger partial charge is 0.483 e. The van der Waals surface area contributed by atoms with E-state index in [4.69, 9.17) is 4.74 Å². The molecule has 0 aliphatic carbocycles. The molecule has 5 nitrogen and oxygen atoms in total. The fourth-order valence-electron chi connectivity index (χ4n) is 2.73. The van der Waals surface area contributed by atoms with E-state index in [1.54, 1.807) is 30.3 Å². The molecule has 0 bridgehead atoms. The van der Waals surface area contributed by atoms with Crippen molar-refractivity contribution in [2.45, 2.75) is 6.42 Å². The number of hydrogen-bond donors (Lipinski definition) is 2. The average Bonchev–Trinajstić information content (AvgIpc) is 2.75. The summed E-state index contributed by atoms with van der Waals surface area (Å²) in [5.41, 5.74) is 1.54. The molecule has 148 valence electrons. The number of anilines is 1. The Bertz CT molecular complexity index is 977. The van der Waals surface area contributed by atoms with Gasteiger partial charge in [0.15, 0.2) is 6.61 Å². The molecule has 2 N–H and O–H groups in total. The Hall–Kier alpha value is -3.67. The molecule has 0 atom stereocenters. The van der Waals surface area contributed by atoms with Gasteiger partial charge in [-0.3, -0.25) is 9.59 Å². The molecule has 3 rings (SSSR count). The quantitative estimate of drug-likeness (QED) is 0.613. The fourth-order valence-corrected chi connectivity index (χ4v) is 2.73. The van der Waals surface area contributed by atoms with E-state index in [1.807, 2.05) is 30.3 Å². The highest BCUT2D eigenvalue weighted by atomic mass is 19.1. The Balaban J connectivity index is 1.54. The highest BCUT2D eigenvalue weighted by molar-refractivity contribution is 5.97. The maximum atomic E-state index is 13.6. The molecule has 0 saturated carbocycles. The van der Waals surface area contributed by atoms with Crippen LogP contribution in [0.15, 0.2) is 78.9 Å². The summed E-state index contributed by atoms with van der Waals surface area (Å²) < 4.78 is 19.1. The Morgan fingerprint density at radius 2 is 1.55 bits per heavy atom. The van der Waals surface area contributed by atoms with E-state index in [2.05, 4.69) is 10.6 Å². The van der Waals surface area contributed by atoms with Crippen LogP contribution in [0.2, 0.25) is 0 Å². The van der Waals surface area contributed by atoms with Crippen molar-refractivity contribution in [3.63, 3.8) is 0 Å². The third kappa shape index (κ3) is 5.90. The Labute approximate surface area is 168 Å². The lowest BCUT2D eigenvalue weighted by Gasteiger charge is -2.12. The van der Waals surface area contributed by atoms with E-state index in [0.717, 1.165) is 5.56 Å². The molecule has 0 spiro atoms. The van der Waals surface area contributed by atoms with E-state index in [9.17, 15) is 14.0 Å². The van der Waals surface area contributed by atoms with Crippen molar-refractivity contribution >= 4 is 17.5 Å². The van der Waals surface area contributed by atoms with Gasteiger partial charge in [0, 0.05) is 6.54 Å². The summed E-state index contributed by atoms with van der Waals surface area (Å²) >= 11 is 0. The zero-order valence-electron chi connectivity index (χ0n) is 15.7. The standard InChI is InChI=1S/C23H21FN2O3/c24-19-11-5-6-12-20(19)26-22(27)16-29-21-13-7-4-10-18(21)23(28)25-15-14-17-8-2-1-3-9-17/h1-13H,14-16H2,(H,25,28)(H,26,27). The molecule has 3 aromatic carbocycles. The Morgan fingerprint density at radius 1 is 0.862 bits per heavy atom. The van der Waals surface area contributed by atoms with Gasteiger partial charge >= 0.3 is 0 Å². The van der Waals surface area contributed by atoms with Crippen LogP contribution >= 0.6 is 0 Å². The summed E-state index contributed by atoms with van der Waals surface area (Å²) in [6.07, 6.45) is 0.709. The van der Waals surface area contributed by atoms with Gasteiger partial charge in [-0.1, -0.05) is 54.6 Å². The minimum Gasteiger partial charge on any atom is -0.483 e. The number of carbonyl (C=O) groups excluding carboxylic acids is 2. The first-order chi connectivity index (χ1) is 14.1. The van der Waals surface area contributed by atoms with Gasteiger partial charge in [0.05, 0.1) is 11.3 Å². The lowest BCUT2D eigenvalue weighted by atomic mass is 10.1. The lowest BCUT2D eigenvalue weighted by molar-refractivity contribution is -0.118. The second-order valence-corrected chi connectivity index (χ2v) is 6.30. The number of benzene rings is 3. The third-order valence-corrected chi connectivity index (χ3v) is 4.18. The lowest BCUT2D eigenvalue weighted by Crippen LogP contribution is -2.27. The molecular formula is C23H21FN2O3. The van der Waals surface area contributed by atoms with Crippen molar-refractivity contribution in [1.29, 1.82) is 0 Å². The van der Waals surface area contributed by atoms with Crippen molar-refractivity contribution in [2.75, 3.05) is 18.5 Å². The summed E-state index contributed by atoms with van der Waals surface area (Å²) in [6, 6.07) is 22.4. The van der Waals surface area contributed by atoms with E-state index in [1.165, 1.54) is 18.2 Å². The van der Waals surface area contributed by atoms with Crippen LogP contribution in [0.3, 0.4) is 0 Å². The number of nitrogens with one attached hydrogen (secondary N) is 2. The predicted octanol–water partition coefficient (Wildman–Crippen LogP) is 3.82. The van der Waals surface area contributed by atoms with E-state index < -0.39 is 11.7 Å². The van der Waals surface area contributed by atoms with E-state index in [0.29, 0.717) is 18.5 Å². The second kappa shape index (κ2) is 10.0. The number of ether oxygens (including phenoxy) is 1. The molecule has 0 aliphatic rings. The van der Waals surface area contributed by atoms with Crippen molar-refractivity contribution in [3.8, 4) is 5.75 Å². The minimum absolute atomic E-state index is 0.0769. The molecule has 0 aromatic heterocycles. The highest BCUT2D eigenvalue weighted by Gasteiger charge is 2.13. The fraction of sp³-hybridized carbons (Fsp3) is 0.130. The van der Waals surface area contributed by atoms with Crippen LogP contribution in [0.25, 0.3) is 0 Å². The molecule has 0 radical (unpaired) electrons. The van der Waals surface area contributed by atoms with Crippen LogP contribution in [-0.2, 0) is 11.2 Å². The number of halogens is 1. The Morgan fingerprint density at radius 3 is 2.34 bits per heavy atom. The minimum atomic E-state index is -0.529. The number of hydrogen-bond acceptors (Lipinski definition) is 3. The molecule has 0 heterocycles. The van der Waals surface area contributed by atoms with Gasteiger partial charge in [-0.25, -0.2) is 4.39 Å². The van der Waals surface area contributed by atoms with Crippen LogP contribution in [0, 0.1) is 5.82 Å². The van der Waals surface area contributed by atoms with Crippen molar-refractivity contribution in [3.05, 3.63) is 95.8 Å². The van der Waals surface area contributed by atoms with E-state index >= 15 is 0 Å². The first kappa shape index (κ1) is 20.1. The summed E-state index contributed by atoms with van der Waals surface area (Å²) in [4.78, 5) is 24.5. The van der Waals surface area contributed by atoms with Crippen molar-refractivity contribution in [2.24, 2.45) is 0 Å². The molecular weight excluding hydrogens is 371 g/mol. The van der Waals surface area contributed by atoms with Gasteiger partial charge < -0.3 is 15.4 Å². The first-order valence-electron chi connectivity index (χ1n) is 9.22. The number of amides is 2. The van der Waals surface area contributed by atoms with E-state index in [-0.39, 0.29) is 24.0 Å². The predicted molar refractivity (Wildman–Crippen MR) is 109 cm³/mol. The molecule has 0 aliphatic heterocycles. The molecule has 29 heavy (non-hydrogen) atoms. The summed E-state index contributed by atoms with van der Waals surface area (Å²) in [6.45, 7) is 0.133. The summed E-state index contributed by atoms with van der Waals surface area (Å²) in [7, 11) is 0. The average molecular weight is 392 g/mol. The molecule has 6 heteroatoms. The monoisotopic (exact) mass is 392 g/mol. The maximum Gasteiger partial charge on any atom is 0.262 e. The zero-order valence-corrected chi connectivity index (χ0v) is 15.7. The molecule has 0 unspecified atom stereocenters. The van der Waals surface area contributed by atoms with Crippen LogP contribution in [0.4, 0.5) is 10.1 Å². The van der Waals surface area contributed by atoms with Gasteiger partial charge in [-0.2, -0.15) is 0 Å². The molecule has 2 amide bonds. The number of carbonyl (C=O) groups is 2. The normalized spacial score (nSPS) is 10.2. The van der Waals surface area contributed by atoms with Gasteiger partial charge in [0.2, 0.25) is 0 Å². The van der Waals surface area contributed by atoms with Crippen molar-refractivity contribution in [1.82, 2.24) is 5.32 Å². The number of para-hydroxylation sites is 2. The van der Waals surface area contributed by atoms with Crippen LogP contribution < -0.4 is 15.4 Å². The van der Waals surface area contributed by atoms with Gasteiger partial charge in [-0.15, -0.1) is 0 Å². The number of rotatable bonds is 8. The Kier molecular flexibility index (Phi) is 6.95. The van der Waals surface area contributed by atoms with Crippen molar-refractivity contribution < 1.29 is 18.7 Å². The van der Waals surface area contributed by atoms with Crippen LogP contribution in [0.5, 0.6) is 5.75 Å². The third-order valence-electron chi connectivity index (χ3n) is 4.18. The second-order valence-electron chi connectivity index (χ2n) is 6.30. The van der Waals surface area contributed by atoms with Crippen LogP contribution in [-0.4, -0.2) is 25.0 Å². The van der Waals surface area contributed by atoms with Gasteiger partial charge in [-0.05, 0) is 36.2 Å². The smallest absolute Gasteiger partial charge is 0.262 e. The SMILES string of the molecule is O=C(COc1ccccc1C(=O)NCCc1ccccc1)Nc1ccccc1F. The zero-order chi connectivity index (χ0) is 20.5. The van der Waals surface area contributed by atoms with Gasteiger partial charge in [0.1, 0.15) is 11.6 Å². The van der Waals surface area contributed by atoms with Crippen LogP contribution in [0.1, 0.15) is 15.9 Å². The molecule has 3 aromatic rings. The van der Waals surface area contributed by atoms with Gasteiger partial charge in [0.25, 0.3) is 11.8 Å². The topological polar surface area (TPSA) is 67.4 Å². The maximum absolute atomic E-state index is 13.6. The first-order valence-corrected chi connectivity index (χ1v) is 9.22. The molecule has 0 fully saturated rings. The highest BCUT2D eigenvalue weighted by Crippen LogP contribution is 2.18. The molecule has 0 saturated heterocycles. The summed E-state index contributed by atoms with van der Waals surface area (Å²) in [5.74, 6) is -1.05. The summed E-state index contributed by atoms with van der Waals surface area (Å²) in [5, 5.41) is 5.30.